The summed E-state index contributed by atoms with van der Waals surface area (Å²) in [5, 5.41) is 10.9. The van der Waals surface area contributed by atoms with Gasteiger partial charge in [0.15, 0.2) is 0 Å². The van der Waals surface area contributed by atoms with Crippen LogP contribution in [0, 0.1) is 5.82 Å². The average Bonchev–Trinajstić information content (AvgIpc) is 2.16. The first kappa shape index (κ1) is 12.4. The smallest absolute Gasteiger partial charge is 0.337 e. The van der Waals surface area contributed by atoms with Gasteiger partial charge in [-0.25, -0.2) is 9.18 Å². The molecule has 86 valence electrons. The Balaban J connectivity index is 3.11. The van der Waals surface area contributed by atoms with E-state index in [2.05, 4.69) is 5.32 Å². The number of halogens is 2. The molecule has 1 amide bonds. The van der Waals surface area contributed by atoms with Gasteiger partial charge in [-0.05, 0) is 12.1 Å². The van der Waals surface area contributed by atoms with Crippen LogP contribution >= 0.6 is 11.6 Å². The highest BCUT2D eigenvalue weighted by Crippen LogP contribution is 2.24. The van der Waals surface area contributed by atoms with Crippen LogP contribution in [0.2, 0.25) is 5.02 Å². The van der Waals surface area contributed by atoms with E-state index in [-0.39, 0.29) is 28.6 Å². The van der Waals surface area contributed by atoms with E-state index in [1.165, 1.54) is 6.92 Å². The van der Waals surface area contributed by atoms with Gasteiger partial charge in [-0.2, -0.15) is 0 Å². The summed E-state index contributed by atoms with van der Waals surface area (Å²) >= 11 is 5.72. The van der Waals surface area contributed by atoms with Gasteiger partial charge in [0.05, 0.1) is 10.6 Å². The first-order valence-corrected chi connectivity index (χ1v) is 4.76. The Morgan fingerprint density at radius 1 is 1.50 bits per heavy atom. The van der Waals surface area contributed by atoms with E-state index in [1.54, 1.807) is 0 Å². The fourth-order valence-electron chi connectivity index (χ4n) is 1.14. The van der Waals surface area contributed by atoms with E-state index in [0.717, 1.165) is 12.1 Å². The Hall–Kier alpha value is -1.62. The molecule has 0 atom stereocenters. The largest absolute Gasteiger partial charge is 0.478 e. The van der Waals surface area contributed by atoms with Crippen LogP contribution in [-0.2, 0) is 11.3 Å². The number of benzene rings is 1. The average molecular weight is 246 g/mol. The summed E-state index contributed by atoms with van der Waals surface area (Å²) in [5.74, 6) is -2.24. The molecule has 0 aliphatic carbocycles. The van der Waals surface area contributed by atoms with Crippen molar-refractivity contribution >= 4 is 23.5 Å². The van der Waals surface area contributed by atoms with Gasteiger partial charge >= 0.3 is 5.97 Å². The van der Waals surface area contributed by atoms with Crippen molar-refractivity contribution in [1.29, 1.82) is 0 Å². The van der Waals surface area contributed by atoms with Crippen LogP contribution in [0.4, 0.5) is 4.39 Å². The van der Waals surface area contributed by atoms with Crippen molar-refractivity contribution in [2.45, 2.75) is 13.5 Å². The van der Waals surface area contributed by atoms with Gasteiger partial charge in [-0.3, -0.25) is 4.79 Å². The zero-order valence-corrected chi connectivity index (χ0v) is 9.14. The maximum atomic E-state index is 13.3. The summed E-state index contributed by atoms with van der Waals surface area (Å²) in [6.07, 6.45) is 0. The molecule has 0 unspecified atom stereocenters. The molecule has 0 aliphatic heterocycles. The van der Waals surface area contributed by atoms with Crippen LogP contribution in [-0.4, -0.2) is 17.0 Å². The van der Waals surface area contributed by atoms with Crippen molar-refractivity contribution in [1.82, 2.24) is 5.32 Å². The number of carbonyl (C=O) groups is 2. The number of carboxylic acids is 1. The predicted molar refractivity (Wildman–Crippen MR) is 55.9 cm³/mol. The van der Waals surface area contributed by atoms with E-state index in [1.807, 2.05) is 0 Å². The first-order chi connectivity index (χ1) is 7.43. The Labute approximate surface area is 96.0 Å². The van der Waals surface area contributed by atoms with E-state index >= 15 is 0 Å². The summed E-state index contributed by atoms with van der Waals surface area (Å²) in [5.41, 5.74) is -0.222. The molecule has 6 heteroatoms. The van der Waals surface area contributed by atoms with Gasteiger partial charge in [0.2, 0.25) is 5.91 Å². The van der Waals surface area contributed by atoms with Crippen molar-refractivity contribution in [3.8, 4) is 0 Å². The molecule has 0 aromatic heterocycles. The lowest BCUT2D eigenvalue weighted by molar-refractivity contribution is -0.119. The number of nitrogens with one attached hydrogen (secondary N) is 1. The van der Waals surface area contributed by atoms with Crippen LogP contribution in [0.25, 0.3) is 0 Å². The lowest BCUT2D eigenvalue weighted by Gasteiger charge is -2.08. The maximum absolute atomic E-state index is 13.3. The number of carbonyl (C=O) groups excluding carboxylic acids is 1. The number of aromatic carboxylic acids is 1. The molecule has 0 saturated carbocycles. The summed E-state index contributed by atoms with van der Waals surface area (Å²) in [7, 11) is 0. The molecule has 0 spiro atoms. The molecule has 1 aromatic carbocycles. The molecule has 1 aromatic rings. The SMILES string of the molecule is CC(=O)NCc1c(F)ccc(C(=O)O)c1Cl. The highest BCUT2D eigenvalue weighted by atomic mass is 35.5. The van der Waals surface area contributed by atoms with E-state index in [4.69, 9.17) is 16.7 Å². The van der Waals surface area contributed by atoms with Gasteiger partial charge in [0.1, 0.15) is 5.82 Å². The molecule has 0 saturated heterocycles. The molecule has 2 N–H and O–H groups in total. The van der Waals surface area contributed by atoms with E-state index < -0.39 is 11.8 Å². The zero-order valence-electron chi connectivity index (χ0n) is 8.38. The number of rotatable bonds is 3. The first-order valence-electron chi connectivity index (χ1n) is 4.38. The molecule has 16 heavy (non-hydrogen) atoms. The van der Waals surface area contributed by atoms with Gasteiger partial charge in [-0.15, -0.1) is 0 Å². The number of hydrogen-bond acceptors (Lipinski definition) is 2. The third kappa shape index (κ3) is 2.70. The molecule has 4 nitrogen and oxygen atoms in total. The monoisotopic (exact) mass is 245 g/mol. The normalized spacial score (nSPS) is 9.94. The minimum atomic E-state index is -1.24. The number of amides is 1. The highest BCUT2D eigenvalue weighted by molar-refractivity contribution is 6.34. The van der Waals surface area contributed by atoms with Crippen molar-refractivity contribution in [3.63, 3.8) is 0 Å². The highest BCUT2D eigenvalue weighted by Gasteiger charge is 2.16. The van der Waals surface area contributed by atoms with Crippen molar-refractivity contribution in [2.24, 2.45) is 0 Å². The minimum absolute atomic E-state index is 0.0308. The van der Waals surface area contributed by atoms with E-state index in [0.29, 0.717) is 0 Å². The molecule has 0 aliphatic rings. The molecule has 0 radical (unpaired) electrons. The topological polar surface area (TPSA) is 66.4 Å². The van der Waals surface area contributed by atoms with Gasteiger partial charge in [-0.1, -0.05) is 11.6 Å². The van der Waals surface area contributed by atoms with Crippen molar-refractivity contribution in [3.05, 3.63) is 34.1 Å². The molecular formula is C10H9ClFNO3. The van der Waals surface area contributed by atoms with Gasteiger partial charge in [0, 0.05) is 19.0 Å². The van der Waals surface area contributed by atoms with Crippen LogP contribution in [0.1, 0.15) is 22.8 Å². The molecule has 1 rings (SSSR count). The standard InChI is InChI=1S/C10H9ClFNO3/c1-5(14)13-4-7-8(12)3-2-6(9(7)11)10(15)16/h2-3H,4H2,1H3,(H,13,14)(H,15,16). The summed E-state index contributed by atoms with van der Waals surface area (Å²) in [6.45, 7) is 1.13. The molecule has 0 fully saturated rings. The van der Waals surface area contributed by atoms with Crippen LogP contribution in [0.15, 0.2) is 12.1 Å². The van der Waals surface area contributed by atoms with E-state index in [9.17, 15) is 14.0 Å². The summed E-state index contributed by atoms with van der Waals surface area (Å²) in [6, 6.07) is 2.09. The Kier molecular flexibility index (Phi) is 3.84. The van der Waals surface area contributed by atoms with Gasteiger partial charge in [0.25, 0.3) is 0 Å². The predicted octanol–water partition coefficient (Wildman–Crippen LogP) is 1.81. The van der Waals surface area contributed by atoms with Crippen LogP contribution in [0.5, 0.6) is 0 Å². The summed E-state index contributed by atoms with van der Waals surface area (Å²) < 4.78 is 13.3. The lowest BCUT2D eigenvalue weighted by atomic mass is 10.1. The fourth-order valence-corrected chi connectivity index (χ4v) is 1.44. The molecular weight excluding hydrogens is 237 g/mol. The quantitative estimate of drug-likeness (QED) is 0.854. The Morgan fingerprint density at radius 2 is 2.12 bits per heavy atom. The number of hydrogen-bond donors (Lipinski definition) is 2. The van der Waals surface area contributed by atoms with Crippen molar-refractivity contribution < 1.29 is 19.1 Å². The Bertz CT molecular complexity index is 448. The second-order valence-electron chi connectivity index (χ2n) is 3.10. The second-order valence-corrected chi connectivity index (χ2v) is 3.48. The van der Waals surface area contributed by atoms with Crippen LogP contribution in [0.3, 0.4) is 0 Å². The zero-order chi connectivity index (χ0) is 12.3. The lowest BCUT2D eigenvalue weighted by Crippen LogP contribution is -2.20. The molecule has 0 bridgehead atoms. The molecule has 0 heterocycles. The Morgan fingerprint density at radius 3 is 2.62 bits per heavy atom. The van der Waals surface area contributed by atoms with Gasteiger partial charge < -0.3 is 10.4 Å². The van der Waals surface area contributed by atoms with Crippen molar-refractivity contribution in [2.75, 3.05) is 0 Å². The summed E-state index contributed by atoms with van der Waals surface area (Å²) in [4.78, 5) is 21.4. The number of carboxylic acid groups (broad SMARTS) is 1. The minimum Gasteiger partial charge on any atom is -0.478 e. The maximum Gasteiger partial charge on any atom is 0.337 e. The third-order valence-electron chi connectivity index (χ3n) is 1.93. The fraction of sp³-hybridized carbons (Fsp3) is 0.200. The third-order valence-corrected chi connectivity index (χ3v) is 2.36. The van der Waals surface area contributed by atoms with Crippen LogP contribution < -0.4 is 5.32 Å². The second kappa shape index (κ2) is 4.94.